The molecule has 4 heteroatoms. The Labute approximate surface area is 176 Å². The van der Waals surface area contributed by atoms with Gasteiger partial charge in [-0.25, -0.2) is 0 Å². The highest BCUT2D eigenvalue weighted by Crippen LogP contribution is 2.40. The first-order valence-corrected chi connectivity index (χ1v) is 11.9. The predicted molar refractivity (Wildman–Crippen MR) is 122 cm³/mol. The van der Waals surface area contributed by atoms with E-state index in [1.54, 1.807) is 0 Å². The summed E-state index contributed by atoms with van der Waals surface area (Å²) in [5.74, 6) is 0.933. The number of nitrogens with zero attached hydrogens (tertiary/aromatic N) is 3. The van der Waals surface area contributed by atoms with Crippen molar-refractivity contribution in [2.45, 2.75) is 81.1 Å². The van der Waals surface area contributed by atoms with E-state index in [0.717, 1.165) is 39.1 Å². The highest BCUT2D eigenvalue weighted by atomic mass is 16.2. The van der Waals surface area contributed by atoms with E-state index in [-0.39, 0.29) is 10.8 Å². The van der Waals surface area contributed by atoms with Gasteiger partial charge in [0.15, 0.2) is 0 Å². The van der Waals surface area contributed by atoms with E-state index < -0.39 is 0 Å². The molecule has 0 saturated carbocycles. The van der Waals surface area contributed by atoms with Crippen molar-refractivity contribution in [2.75, 3.05) is 52.4 Å². The lowest BCUT2D eigenvalue weighted by Crippen LogP contribution is -2.53. The van der Waals surface area contributed by atoms with Crippen LogP contribution in [0.15, 0.2) is 0 Å². The van der Waals surface area contributed by atoms with E-state index in [1.165, 1.54) is 38.9 Å². The molecule has 28 heavy (non-hydrogen) atoms. The monoisotopic (exact) mass is 395 g/mol. The standard InChI is InChI=1S/C22H43N3O.C2H6/c1-19(2)21(3,4)18-22(5,6)20(26)25-16-14-24(15-17-25)13-12-23-10-8-7-9-11-23;1-2/h19H,7-18H2,1-6H3;1-2H3. The second-order valence-corrected chi connectivity index (χ2v) is 10.2. The van der Waals surface area contributed by atoms with Gasteiger partial charge in [0, 0.05) is 44.7 Å². The number of piperidine rings is 1. The first-order chi connectivity index (χ1) is 13.1. The second-order valence-electron chi connectivity index (χ2n) is 10.2. The minimum absolute atomic E-state index is 0.190. The van der Waals surface area contributed by atoms with Crippen LogP contribution in [0.1, 0.15) is 81.1 Å². The van der Waals surface area contributed by atoms with Crippen LogP contribution in [0.5, 0.6) is 0 Å². The van der Waals surface area contributed by atoms with Gasteiger partial charge in [-0.3, -0.25) is 9.69 Å². The van der Waals surface area contributed by atoms with Crippen molar-refractivity contribution in [2.24, 2.45) is 16.7 Å². The highest BCUT2D eigenvalue weighted by molar-refractivity contribution is 5.82. The second kappa shape index (κ2) is 11.5. The number of hydrogen-bond donors (Lipinski definition) is 0. The average Bonchev–Trinajstić information content (AvgIpc) is 2.67. The Morgan fingerprint density at radius 1 is 0.786 bits per heavy atom. The van der Waals surface area contributed by atoms with E-state index in [0.29, 0.717) is 11.8 Å². The molecule has 0 radical (unpaired) electrons. The smallest absolute Gasteiger partial charge is 0.228 e. The van der Waals surface area contributed by atoms with E-state index >= 15 is 0 Å². The Morgan fingerprint density at radius 2 is 1.25 bits per heavy atom. The first-order valence-electron chi connectivity index (χ1n) is 11.9. The molecular formula is C24H49N3O. The summed E-state index contributed by atoms with van der Waals surface area (Å²) in [7, 11) is 0. The summed E-state index contributed by atoms with van der Waals surface area (Å²) in [5, 5.41) is 0. The third-order valence-corrected chi connectivity index (χ3v) is 6.88. The van der Waals surface area contributed by atoms with Gasteiger partial charge < -0.3 is 9.80 Å². The van der Waals surface area contributed by atoms with Crippen LogP contribution in [0.4, 0.5) is 0 Å². The van der Waals surface area contributed by atoms with E-state index in [2.05, 4.69) is 56.2 Å². The maximum Gasteiger partial charge on any atom is 0.228 e. The SMILES string of the molecule is CC.CC(C)C(C)(C)CC(C)(C)C(=O)N1CCN(CCN2CCCCC2)CC1. The van der Waals surface area contributed by atoms with Crippen molar-refractivity contribution in [3.8, 4) is 0 Å². The summed E-state index contributed by atoms with van der Waals surface area (Å²) in [5.41, 5.74) is -0.0842. The molecule has 0 aromatic rings. The Bertz CT molecular complexity index is 445. The van der Waals surface area contributed by atoms with Crippen LogP contribution in [0.25, 0.3) is 0 Å². The van der Waals surface area contributed by atoms with Crippen LogP contribution < -0.4 is 0 Å². The van der Waals surface area contributed by atoms with Crippen molar-refractivity contribution in [3.05, 3.63) is 0 Å². The number of likely N-dealkylation sites (tertiary alicyclic amines) is 1. The average molecular weight is 396 g/mol. The van der Waals surface area contributed by atoms with Gasteiger partial charge in [-0.2, -0.15) is 0 Å². The largest absolute Gasteiger partial charge is 0.340 e. The quantitative estimate of drug-likeness (QED) is 0.623. The number of piperazine rings is 1. The minimum atomic E-state index is -0.274. The zero-order valence-electron chi connectivity index (χ0n) is 20.3. The number of hydrogen-bond acceptors (Lipinski definition) is 3. The molecule has 0 aromatic heterocycles. The molecule has 1 amide bonds. The van der Waals surface area contributed by atoms with Crippen LogP contribution in [0.3, 0.4) is 0 Å². The van der Waals surface area contributed by atoms with Crippen LogP contribution in [0, 0.1) is 16.7 Å². The summed E-state index contributed by atoms with van der Waals surface area (Å²) >= 11 is 0. The van der Waals surface area contributed by atoms with Crippen LogP contribution in [-0.2, 0) is 4.79 Å². The van der Waals surface area contributed by atoms with E-state index in [4.69, 9.17) is 0 Å². The summed E-state index contributed by atoms with van der Waals surface area (Å²) in [4.78, 5) is 20.4. The Kier molecular flexibility index (Phi) is 10.5. The molecular weight excluding hydrogens is 346 g/mol. The molecule has 2 heterocycles. The Balaban J connectivity index is 0.00000190. The third-order valence-electron chi connectivity index (χ3n) is 6.88. The summed E-state index contributed by atoms with van der Waals surface area (Å²) in [6.07, 6.45) is 5.08. The maximum atomic E-state index is 13.1. The highest BCUT2D eigenvalue weighted by Gasteiger charge is 2.39. The lowest BCUT2D eigenvalue weighted by molar-refractivity contribution is -0.144. The van der Waals surface area contributed by atoms with Crippen molar-refractivity contribution in [1.29, 1.82) is 0 Å². The molecule has 166 valence electrons. The molecule has 2 aliphatic rings. The molecule has 0 N–H and O–H groups in total. The van der Waals surface area contributed by atoms with Gasteiger partial charge in [-0.15, -0.1) is 0 Å². The minimum Gasteiger partial charge on any atom is -0.340 e. The van der Waals surface area contributed by atoms with Crippen LogP contribution in [0.2, 0.25) is 0 Å². The lowest BCUT2D eigenvalue weighted by atomic mass is 9.69. The fourth-order valence-corrected chi connectivity index (χ4v) is 4.49. The van der Waals surface area contributed by atoms with Crippen LogP contribution in [-0.4, -0.2) is 73.0 Å². The van der Waals surface area contributed by atoms with E-state index in [9.17, 15) is 4.79 Å². The predicted octanol–water partition coefficient (Wildman–Crippen LogP) is 4.74. The molecule has 0 unspecified atom stereocenters. The molecule has 0 aromatic carbocycles. The number of carbonyl (C=O) groups is 1. The summed E-state index contributed by atoms with van der Waals surface area (Å²) in [6, 6.07) is 0. The fourth-order valence-electron chi connectivity index (χ4n) is 4.49. The maximum absolute atomic E-state index is 13.1. The normalized spacial score (nSPS) is 20.1. The van der Waals surface area contributed by atoms with E-state index in [1.807, 2.05) is 13.8 Å². The van der Waals surface area contributed by atoms with Crippen molar-refractivity contribution in [1.82, 2.24) is 14.7 Å². The van der Waals surface area contributed by atoms with Crippen molar-refractivity contribution >= 4 is 5.91 Å². The van der Waals surface area contributed by atoms with Gasteiger partial charge in [-0.05, 0) is 43.7 Å². The topological polar surface area (TPSA) is 26.8 Å². The lowest BCUT2D eigenvalue weighted by Gasteiger charge is -2.42. The van der Waals surface area contributed by atoms with Gasteiger partial charge in [0.2, 0.25) is 5.91 Å². The molecule has 2 fully saturated rings. The Morgan fingerprint density at radius 3 is 1.71 bits per heavy atom. The molecule has 0 bridgehead atoms. The third kappa shape index (κ3) is 7.67. The van der Waals surface area contributed by atoms with Gasteiger partial charge in [0.05, 0.1) is 0 Å². The molecule has 0 spiro atoms. The van der Waals surface area contributed by atoms with Crippen molar-refractivity contribution in [3.63, 3.8) is 0 Å². The number of rotatable bonds is 7. The molecule has 2 aliphatic heterocycles. The zero-order valence-corrected chi connectivity index (χ0v) is 20.3. The van der Waals surface area contributed by atoms with Gasteiger partial charge >= 0.3 is 0 Å². The molecule has 0 atom stereocenters. The first kappa shape index (κ1) is 25.4. The number of amides is 1. The number of carbonyl (C=O) groups excluding carboxylic acids is 1. The van der Waals surface area contributed by atoms with Crippen molar-refractivity contribution < 1.29 is 4.79 Å². The summed E-state index contributed by atoms with van der Waals surface area (Å²) in [6.45, 7) is 26.2. The molecule has 4 nitrogen and oxygen atoms in total. The molecule has 2 rings (SSSR count). The fraction of sp³-hybridized carbons (Fsp3) is 0.958. The zero-order chi connectivity index (χ0) is 21.4. The van der Waals surface area contributed by atoms with Gasteiger partial charge in [0.1, 0.15) is 0 Å². The summed E-state index contributed by atoms with van der Waals surface area (Å²) < 4.78 is 0. The Hall–Kier alpha value is -0.610. The molecule has 0 aliphatic carbocycles. The molecule has 2 saturated heterocycles. The van der Waals surface area contributed by atoms with Crippen LogP contribution >= 0.6 is 0 Å². The van der Waals surface area contributed by atoms with Gasteiger partial charge in [0.25, 0.3) is 0 Å². The van der Waals surface area contributed by atoms with Gasteiger partial charge in [-0.1, -0.05) is 61.8 Å².